The SMILES string of the molecule is CC(C)(C)OC(=O)NCC1CCCC1NCCc1ccc(Cl)s1. The van der Waals surface area contributed by atoms with E-state index in [0.29, 0.717) is 18.5 Å². The summed E-state index contributed by atoms with van der Waals surface area (Å²) >= 11 is 7.59. The Morgan fingerprint density at radius 3 is 2.83 bits per heavy atom. The molecule has 1 aliphatic carbocycles. The van der Waals surface area contributed by atoms with E-state index in [-0.39, 0.29) is 6.09 Å². The van der Waals surface area contributed by atoms with Gasteiger partial charge in [0, 0.05) is 24.0 Å². The Kier molecular flexibility index (Phi) is 6.74. The third kappa shape index (κ3) is 6.69. The molecule has 1 aromatic heterocycles. The lowest BCUT2D eigenvalue weighted by atomic mass is 10.0. The molecular formula is C17H27ClN2O2S. The van der Waals surface area contributed by atoms with E-state index in [1.54, 1.807) is 11.3 Å². The van der Waals surface area contributed by atoms with E-state index in [2.05, 4.69) is 16.7 Å². The molecule has 1 heterocycles. The molecule has 0 aromatic carbocycles. The van der Waals surface area contributed by atoms with Crippen LogP contribution in [0, 0.1) is 5.92 Å². The minimum absolute atomic E-state index is 0.323. The zero-order valence-corrected chi connectivity index (χ0v) is 15.7. The van der Waals surface area contributed by atoms with Gasteiger partial charge < -0.3 is 15.4 Å². The quantitative estimate of drug-likeness (QED) is 0.800. The Morgan fingerprint density at radius 1 is 1.39 bits per heavy atom. The van der Waals surface area contributed by atoms with Crippen LogP contribution in [-0.4, -0.2) is 30.8 Å². The van der Waals surface area contributed by atoms with Crippen molar-refractivity contribution in [2.45, 2.75) is 58.1 Å². The van der Waals surface area contributed by atoms with Crippen molar-refractivity contribution in [3.63, 3.8) is 0 Å². The largest absolute Gasteiger partial charge is 0.444 e. The van der Waals surface area contributed by atoms with Crippen molar-refractivity contribution < 1.29 is 9.53 Å². The number of hydrogen-bond donors (Lipinski definition) is 2. The summed E-state index contributed by atoms with van der Waals surface area (Å²) in [5.74, 6) is 0.481. The van der Waals surface area contributed by atoms with Crippen LogP contribution in [0.2, 0.25) is 4.34 Å². The van der Waals surface area contributed by atoms with Gasteiger partial charge in [0.05, 0.1) is 4.34 Å². The molecule has 2 atom stereocenters. The van der Waals surface area contributed by atoms with E-state index in [4.69, 9.17) is 16.3 Å². The summed E-state index contributed by atoms with van der Waals surface area (Å²) in [5.41, 5.74) is -0.445. The Hall–Kier alpha value is -0.780. The number of amides is 1. The molecule has 0 bridgehead atoms. The Morgan fingerprint density at radius 2 is 2.17 bits per heavy atom. The smallest absolute Gasteiger partial charge is 0.407 e. The lowest BCUT2D eigenvalue weighted by Crippen LogP contribution is -2.41. The number of alkyl carbamates (subject to hydrolysis) is 1. The van der Waals surface area contributed by atoms with Gasteiger partial charge in [0.1, 0.15) is 5.60 Å². The van der Waals surface area contributed by atoms with E-state index < -0.39 is 5.60 Å². The molecule has 23 heavy (non-hydrogen) atoms. The third-order valence-electron chi connectivity index (χ3n) is 3.97. The lowest BCUT2D eigenvalue weighted by molar-refractivity contribution is 0.0517. The Bertz CT molecular complexity index is 513. The number of nitrogens with one attached hydrogen (secondary N) is 2. The van der Waals surface area contributed by atoms with Crippen molar-refractivity contribution in [2.75, 3.05) is 13.1 Å². The monoisotopic (exact) mass is 358 g/mol. The zero-order chi connectivity index (χ0) is 16.9. The lowest BCUT2D eigenvalue weighted by Gasteiger charge is -2.23. The second-order valence-electron chi connectivity index (χ2n) is 7.09. The number of hydrogen-bond acceptors (Lipinski definition) is 4. The summed E-state index contributed by atoms with van der Waals surface area (Å²) in [6.45, 7) is 7.26. The molecule has 0 aliphatic heterocycles. The van der Waals surface area contributed by atoms with Gasteiger partial charge in [-0.1, -0.05) is 18.0 Å². The van der Waals surface area contributed by atoms with E-state index >= 15 is 0 Å². The number of carbonyl (C=O) groups excluding carboxylic acids is 1. The molecule has 2 N–H and O–H groups in total. The van der Waals surface area contributed by atoms with Crippen molar-refractivity contribution in [3.8, 4) is 0 Å². The van der Waals surface area contributed by atoms with Gasteiger partial charge in [0.2, 0.25) is 0 Å². The number of carbonyl (C=O) groups is 1. The van der Waals surface area contributed by atoms with Crippen LogP contribution in [0.1, 0.15) is 44.9 Å². The van der Waals surface area contributed by atoms with Gasteiger partial charge in [-0.3, -0.25) is 0 Å². The second kappa shape index (κ2) is 8.36. The van der Waals surface area contributed by atoms with E-state index in [1.165, 1.54) is 17.7 Å². The third-order valence-corrected chi connectivity index (χ3v) is 5.26. The molecule has 1 aliphatic rings. The van der Waals surface area contributed by atoms with Gasteiger partial charge in [-0.15, -0.1) is 11.3 Å². The summed E-state index contributed by atoms with van der Waals surface area (Å²) in [4.78, 5) is 13.1. The van der Waals surface area contributed by atoms with Crippen LogP contribution >= 0.6 is 22.9 Å². The fourth-order valence-electron chi connectivity index (χ4n) is 2.95. The van der Waals surface area contributed by atoms with E-state index in [0.717, 1.165) is 23.7 Å². The van der Waals surface area contributed by atoms with Crippen LogP contribution in [0.3, 0.4) is 0 Å². The van der Waals surface area contributed by atoms with Gasteiger partial charge in [-0.05, 0) is 58.1 Å². The highest BCUT2D eigenvalue weighted by molar-refractivity contribution is 7.16. The highest BCUT2D eigenvalue weighted by atomic mass is 35.5. The Balaban J connectivity index is 1.69. The molecule has 0 spiro atoms. The van der Waals surface area contributed by atoms with Crippen LogP contribution in [0.15, 0.2) is 12.1 Å². The first-order valence-corrected chi connectivity index (χ1v) is 9.47. The first-order chi connectivity index (χ1) is 10.8. The molecule has 6 heteroatoms. The van der Waals surface area contributed by atoms with Gasteiger partial charge in [-0.2, -0.15) is 0 Å². The summed E-state index contributed by atoms with van der Waals surface area (Å²) < 4.78 is 6.14. The summed E-state index contributed by atoms with van der Waals surface area (Å²) in [6.07, 6.45) is 4.21. The average Bonchev–Trinajstić information content (AvgIpc) is 3.04. The minimum atomic E-state index is -0.445. The maximum atomic E-state index is 11.8. The molecule has 4 nitrogen and oxygen atoms in total. The number of rotatable bonds is 6. The normalized spacial score (nSPS) is 21.4. The van der Waals surface area contributed by atoms with Gasteiger partial charge in [0.15, 0.2) is 0 Å². The molecule has 130 valence electrons. The van der Waals surface area contributed by atoms with Gasteiger partial charge in [0.25, 0.3) is 0 Å². The van der Waals surface area contributed by atoms with Crippen molar-refractivity contribution in [3.05, 3.63) is 21.3 Å². The molecule has 2 rings (SSSR count). The molecule has 2 unspecified atom stereocenters. The Labute approximate surface area is 147 Å². The fraction of sp³-hybridized carbons (Fsp3) is 0.706. The molecule has 1 saturated carbocycles. The average molecular weight is 359 g/mol. The predicted octanol–water partition coefficient (Wildman–Crippen LogP) is 4.23. The number of halogens is 1. The first kappa shape index (κ1) is 18.6. The summed E-state index contributed by atoms with van der Waals surface area (Å²) in [6, 6.07) is 4.51. The maximum absolute atomic E-state index is 11.8. The predicted molar refractivity (Wildman–Crippen MR) is 96.4 cm³/mol. The topological polar surface area (TPSA) is 50.4 Å². The molecule has 0 radical (unpaired) electrons. The highest BCUT2D eigenvalue weighted by Crippen LogP contribution is 2.26. The molecule has 1 aromatic rings. The highest BCUT2D eigenvalue weighted by Gasteiger charge is 2.27. The fourth-order valence-corrected chi connectivity index (χ4v) is 4.03. The van der Waals surface area contributed by atoms with Crippen LogP contribution in [0.25, 0.3) is 0 Å². The van der Waals surface area contributed by atoms with Crippen molar-refractivity contribution in [2.24, 2.45) is 5.92 Å². The van der Waals surface area contributed by atoms with Crippen LogP contribution in [-0.2, 0) is 11.2 Å². The molecule has 1 amide bonds. The zero-order valence-electron chi connectivity index (χ0n) is 14.2. The molecular weight excluding hydrogens is 332 g/mol. The standard InChI is InChI=1S/C17H27ClN2O2S/c1-17(2,3)22-16(21)20-11-12-5-4-6-14(12)19-10-9-13-7-8-15(18)23-13/h7-8,12,14,19H,4-6,9-11H2,1-3H3,(H,20,21). The van der Waals surface area contributed by atoms with Crippen molar-refractivity contribution >= 4 is 29.0 Å². The maximum Gasteiger partial charge on any atom is 0.407 e. The summed E-state index contributed by atoms with van der Waals surface area (Å²) in [7, 11) is 0. The van der Waals surface area contributed by atoms with E-state index in [1.807, 2.05) is 26.8 Å². The van der Waals surface area contributed by atoms with Crippen molar-refractivity contribution in [1.82, 2.24) is 10.6 Å². The summed E-state index contributed by atoms with van der Waals surface area (Å²) in [5, 5.41) is 6.54. The first-order valence-electron chi connectivity index (χ1n) is 8.28. The van der Waals surface area contributed by atoms with Gasteiger partial charge in [-0.25, -0.2) is 4.79 Å². The molecule has 1 fully saturated rings. The van der Waals surface area contributed by atoms with Crippen molar-refractivity contribution in [1.29, 1.82) is 0 Å². The van der Waals surface area contributed by atoms with E-state index in [9.17, 15) is 4.79 Å². The van der Waals surface area contributed by atoms with Crippen LogP contribution in [0.4, 0.5) is 4.79 Å². The second-order valence-corrected chi connectivity index (χ2v) is 8.89. The van der Waals surface area contributed by atoms with Gasteiger partial charge >= 0.3 is 6.09 Å². The molecule has 0 saturated heterocycles. The minimum Gasteiger partial charge on any atom is -0.444 e. The van der Waals surface area contributed by atoms with Crippen LogP contribution < -0.4 is 10.6 Å². The number of thiophene rings is 1. The number of ether oxygens (including phenoxy) is 1. The van der Waals surface area contributed by atoms with Crippen LogP contribution in [0.5, 0.6) is 0 Å².